The van der Waals surface area contributed by atoms with Crippen LogP contribution in [0.4, 0.5) is 17.6 Å². The molecule has 0 aromatic heterocycles. The van der Waals surface area contributed by atoms with Crippen LogP contribution in [0.25, 0.3) is 0 Å². The molecular weight excluding hydrogens is 250 g/mol. The van der Waals surface area contributed by atoms with Gasteiger partial charge in [0, 0.05) is 5.56 Å². The van der Waals surface area contributed by atoms with Crippen LogP contribution in [0.15, 0.2) is 24.3 Å². The van der Waals surface area contributed by atoms with Gasteiger partial charge >= 0.3 is 0 Å². The van der Waals surface area contributed by atoms with Crippen molar-refractivity contribution < 1.29 is 22.4 Å². The summed E-state index contributed by atoms with van der Waals surface area (Å²) < 4.78 is 54.5. The number of hydrogen-bond acceptors (Lipinski definition) is 1. The van der Waals surface area contributed by atoms with Crippen LogP contribution in [0.1, 0.15) is 18.9 Å². The minimum Gasteiger partial charge on any atom is -0.338 e. The number of carbonyl (C=O) groups excluding carboxylic acids is 1. The molecule has 0 saturated carbocycles. The molecular formula is C12H11F4NO. The van der Waals surface area contributed by atoms with Crippen LogP contribution in [0.5, 0.6) is 0 Å². The normalized spacial score (nSPS) is 30.9. The molecule has 98 valence electrons. The van der Waals surface area contributed by atoms with Gasteiger partial charge < -0.3 is 5.32 Å². The Hall–Kier alpha value is -1.59. The number of carbonyl (C=O) groups is 1. The molecule has 2 unspecified atom stereocenters. The molecule has 1 fully saturated rings. The lowest BCUT2D eigenvalue weighted by molar-refractivity contribution is -0.161. The van der Waals surface area contributed by atoms with Crippen molar-refractivity contribution in [2.24, 2.45) is 0 Å². The highest BCUT2D eigenvalue weighted by molar-refractivity contribution is 5.83. The second-order valence-corrected chi connectivity index (χ2v) is 4.47. The Morgan fingerprint density at radius 2 is 1.94 bits per heavy atom. The van der Waals surface area contributed by atoms with Crippen LogP contribution in [0.3, 0.4) is 0 Å². The van der Waals surface area contributed by atoms with Gasteiger partial charge in [0.2, 0.25) is 0 Å². The molecule has 1 aromatic rings. The van der Waals surface area contributed by atoms with Gasteiger partial charge in [-0.2, -0.15) is 0 Å². The fraction of sp³-hybridized carbons (Fsp3) is 0.417. The lowest BCUT2D eigenvalue weighted by atomic mass is 9.79. The maximum atomic E-state index is 13.9. The zero-order chi connectivity index (χ0) is 13.6. The minimum atomic E-state index is -3.57. The van der Waals surface area contributed by atoms with E-state index in [1.54, 1.807) is 0 Å². The van der Waals surface area contributed by atoms with Crippen LogP contribution >= 0.6 is 0 Å². The van der Waals surface area contributed by atoms with Gasteiger partial charge in [-0.05, 0) is 13.0 Å². The number of piperidine rings is 1. The average Bonchev–Trinajstić information content (AvgIpc) is 2.26. The summed E-state index contributed by atoms with van der Waals surface area (Å²) in [5.41, 5.74) is -2.59. The summed E-state index contributed by atoms with van der Waals surface area (Å²) in [6.07, 6.45) is -3.52. The van der Waals surface area contributed by atoms with Crippen molar-refractivity contribution in [1.82, 2.24) is 5.32 Å². The summed E-state index contributed by atoms with van der Waals surface area (Å²) in [4.78, 5) is 11.2. The van der Waals surface area contributed by atoms with Crippen LogP contribution in [0.2, 0.25) is 0 Å². The smallest absolute Gasteiger partial charge is 0.277 e. The van der Waals surface area contributed by atoms with Crippen molar-refractivity contribution in [1.29, 1.82) is 0 Å². The largest absolute Gasteiger partial charge is 0.338 e. The van der Waals surface area contributed by atoms with Crippen LogP contribution in [0, 0.1) is 5.82 Å². The van der Waals surface area contributed by atoms with E-state index in [1.165, 1.54) is 12.1 Å². The first kappa shape index (κ1) is 12.9. The highest BCUT2D eigenvalue weighted by Gasteiger charge is 2.59. The van der Waals surface area contributed by atoms with E-state index < -0.39 is 35.8 Å². The van der Waals surface area contributed by atoms with Crippen molar-refractivity contribution in [2.75, 3.05) is 0 Å². The summed E-state index contributed by atoms with van der Waals surface area (Å²) >= 11 is 0. The summed E-state index contributed by atoms with van der Waals surface area (Å²) in [5.74, 6) is -5.58. The number of rotatable bonds is 1. The maximum Gasteiger partial charge on any atom is 0.277 e. The van der Waals surface area contributed by atoms with Crippen molar-refractivity contribution >= 4 is 5.91 Å². The zero-order valence-corrected chi connectivity index (χ0v) is 9.51. The third kappa shape index (κ3) is 1.76. The third-order valence-electron chi connectivity index (χ3n) is 3.24. The number of benzene rings is 1. The Bertz CT molecular complexity index is 491. The molecule has 1 amide bonds. The van der Waals surface area contributed by atoms with E-state index in [0.717, 1.165) is 19.1 Å². The first-order valence-corrected chi connectivity index (χ1v) is 5.37. The van der Waals surface area contributed by atoms with E-state index in [9.17, 15) is 22.4 Å². The monoisotopic (exact) mass is 261 g/mol. The van der Waals surface area contributed by atoms with Crippen molar-refractivity contribution in [3.05, 3.63) is 35.6 Å². The fourth-order valence-corrected chi connectivity index (χ4v) is 2.07. The Morgan fingerprint density at radius 1 is 1.33 bits per heavy atom. The molecule has 2 rings (SSSR count). The molecule has 2 nitrogen and oxygen atoms in total. The van der Waals surface area contributed by atoms with Gasteiger partial charge in [0.25, 0.3) is 11.8 Å². The van der Waals surface area contributed by atoms with Crippen LogP contribution in [-0.4, -0.2) is 18.0 Å². The highest BCUT2D eigenvalue weighted by atomic mass is 19.3. The average molecular weight is 261 g/mol. The molecule has 2 atom stereocenters. The number of amides is 1. The van der Waals surface area contributed by atoms with Gasteiger partial charge in [-0.3, -0.25) is 4.79 Å². The molecule has 0 spiro atoms. The van der Waals surface area contributed by atoms with Crippen molar-refractivity contribution in [3.63, 3.8) is 0 Å². The Balaban J connectivity index is 2.52. The van der Waals surface area contributed by atoms with Gasteiger partial charge in [-0.15, -0.1) is 0 Å². The van der Waals surface area contributed by atoms with Crippen molar-refractivity contribution in [2.45, 2.75) is 31.0 Å². The predicted molar refractivity (Wildman–Crippen MR) is 56.4 cm³/mol. The number of hydrogen-bond donors (Lipinski definition) is 1. The predicted octanol–water partition coefficient (Wildman–Crippen LogP) is 2.53. The molecule has 1 aromatic carbocycles. The molecule has 0 aliphatic carbocycles. The molecule has 6 heteroatoms. The Kier molecular flexibility index (Phi) is 2.83. The molecule has 0 bridgehead atoms. The maximum absolute atomic E-state index is 13.9. The lowest BCUT2D eigenvalue weighted by Crippen LogP contribution is -2.63. The summed E-state index contributed by atoms with van der Waals surface area (Å²) in [6, 6.07) is 4.91. The van der Waals surface area contributed by atoms with Crippen molar-refractivity contribution in [3.8, 4) is 0 Å². The lowest BCUT2D eigenvalue weighted by Gasteiger charge is -2.42. The summed E-state index contributed by atoms with van der Waals surface area (Å²) in [6.45, 7) is 0.995. The number of nitrogens with one attached hydrogen (secondary N) is 1. The first-order chi connectivity index (χ1) is 8.28. The topological polar surface area (TPSA) is 29.1 Å². The van der Waals surface area contributed by atoms with Gasteiger partial charge in [0.15, 0.2) is 6.17 Å². The standard InChI is InChI=1S/C12H11F4NO/c1-11(7-4-2-3-5-8(7)13)12(15,16)6-9(14)10(18)17-11/h2-5,9H,6H2,1H3,(H,17,18). The summed E-state index contributed by atoms with van der Waals surface area (Å²) in [5, 5.41) is 1.89. The SMILES string of the molecule is CC1(c2ccccc2F)NC(=O)C(F)CC1(F)F. The summed E-state index contributed by atoms with van der Waals surface area (Å²) in [7, 11) is 0. The van der Waals surface area contributed by atoms with Gasteiger partial charge in [-0.25, -0.2) is 17.6 Å². The van der Waals surface area contributed by atoms with E-state index in [0.29, 0.717) is 0 Å². The van der Waals surface area contributed by atoms with Gasteiger partial charge in [-0.1, -0.05) is 18.2 Å². The van der Waals surface area contributed by atoms with Gasteiger partial charge in [0.1, 0.15) is 11.4 Å². The molecule has 1 heterocycles. The highest BCUT2D eigenvalue weighted by Crippen LogP contribution is 2.44. The van der Waals surface area contributed by atoms with E-state index in [1.807, 2.05) is 5.32 Å². The molecule has 1 saturated heterocycles. The third-order valence-corrected chi connectivity index (χ3v) is 3.24. The molecule has 1 N–H and O–H groups in total. The molecule has 1 aliphatic heterocycles. The van der Waals surface area contributed by atoms with Crippen LogP contribution in [-0.2, 0) is 10.3 Å². The molecule has 1 aliphatic rings. The van der Waals surface area contributed by atoms with Crippen LogP contribution < -0.4 is 5.32 Å². The zero-order valence-electron chi connectivity index (χ0n) is 9.51. The van der Waals surface area contributed by atoms with E-state index >= 15 is 0 Å². The second kappa shape index (κ2) is 3.96. The fourth-order valence-electron chi connectivity index (χ4n) is 2.07. The molecule has 18 heavy (non-hydrogen) atoms. The second-order valence-electron chi connectivity index (χ2n) is 4.47. The van der Waals surface area contributed by atoms with E-state index in [-0.39, 0.29) is 5.56 Å². The quantitative estimate of drug-likeness (QED) is 0.773. The van der Waals surface area contributed by atoms with E-state index in [4.69, 9.17) is 0 Å². The first-order valence-electron chi connectivity index (χ1n) is 5.37. The van der Waals surface area contributed by atoms with Gasteiger partial charge in [0.05, 0.1) is 6.42 Å². The number of halogens is 4. The Labute approximate surface area is 101 Å². The van der Waals surface area contributed by atoms with E-state index in [2.05, 4.69) is 0 Å². The Morgan fingerprint density at radius 3 is 2.56 bits per heavy atom. The minimum absolute atomic E-state index is 0.352. The molecule has 0 radical (unpaired) electrons. The number of alkyl halides is 3.